The molecule has 0 aromatic carbocycles. The van der Waals surface area contributed by atoms with Crippen LogP contribution in [0.5, 0.6) is 0 Å². The fraction of sp³-hybridized carbons (Fsp3) is 0.500. The zero-order valence-corrected chi connectivity index (χ0v) is 15.8. The highest BCUT2D eigenvalue weighted by Crippen LogP contribution is 2.33. The molecule has 0 saturated carbocycles. The Morgan fingerprint density at radius 3 is 2.60 bits per heavy atom. The van der Waals surface area contributed by atoms with Crippen LogP contribution in [-0.2, 0) is 11.3 Å². The molecule has 0 spiro atoms. The minimum Gasteiger partial charge on any atom is -0.361 e. The minimum atomic E-state index is -0.315. The van der Waals surface area contributed by atoms with Crippen molar-refractivity contribution in [2.75, 3.05) is 37.0 Å². The van der Waals surface area contributed by atoms with Gasteiger partial charge in [0, 0.05) is 37.5 Å². The summed E-state index contributed by atoms with van der Waals surface area (Å²) in [6.45, 7) is 4.32. The van der Waals surface area contributed by atoms with E-state index >= 15 is 0 Å². The van der Waals surface area contributed by atoms with Gasteiger partial charge in [-0.15, -0.1) is 21.5 Å². The molecule has 3 heterocycles. The van der Waals surface area contributed by atoms with E-state index in [2.05, 4.69) is 27.3 Å². The van der Waals surface area contributed by atoms with Crippen LogP contribution in [0, 0.1) is 5.41 Å². The van der Waals surface area contributed by atoms with Gasteiger partial charge in [-0.3, -0.25) is 4.79 Å². The fourth-order valence-electron chi connectivity index (χ4n) is 2.98. The van der Waals surface area contributed by atoms with Gasteiger partial charge in [-0.05, 0) is 36.4 Å². The first-order chi connectivity index (χ1) is 12.0. The van der Waals surface area contributed by atoms with E-state index in [1.165, 1.54) is 4.88 Å². The molecule has 0 atom stereocenters. The Kier molecular flexibility index (Phi) is 5.22. The SMILES string of the molecule is CN(C)c1ccc(N2CCC(C)(C(=O)NCc3cccs3)CC2)nn1. The summed E-state index contributed by atoms with van der Waals surface area (Å²) in [5, 5.41) is 13.7. The number of hydrogen-bond donors (Lipinski definition) is 1. The molecular weight excluding hydrogens is 334 g/mol. The first kappa shape index (κ1) is 17.7. The van der Waals surface area contributed by atoms with Gasteiger partial charge < -0.3 is 15.1 Å². The second-order valence-corrected chi connectivity index (χ2v) is 7.99. The molecule has 1 aliphatic heterocycles. The van der Waals surface area contributed by atoms with Crippen LogP contribution in [0.3, 0.4) is 0 Å². The van der Waals surface area contributed by atoms with E-state index in [9.17, 15) is 4.79 Å². The van der Waals surface area contributed by atoms with E-state index < -0.39 is 0 Å². The van der Waals surface area contributed by atoms with Gasteiger partial charge in [0.05, 0.1) is 6.54 Å². The predicted molar refractivity (Wildman–Crippen MR) is 102 cm³/mol. The Hall–Kier alpha value is -2.15. The molecule has 6 nitrogen and oxygen atoms in total. The Labute approximate surface area is 152 Å². The van der Waals surface area contributed by atoms with E-state index in [1.807, 2.05) is 48.6 Å². The molecule has 3 rings (SSSR count). The Morgan fingerprint density at radius 2 is 2.04 bits per heavy atom. The van der Waals surface area contributed by atoms with Gasteiger partial charge in [-0.2, -0.15) is 0 Å². The maximum Gasteiger partial charge on any atom is 0.226 e. The predicted octanol–water partition coefficient (Wildman–Crippen LogP) is 2.53. The molecule has 1 amide bonds. The quantitative estimate of drug-likeness (QED) is 0.889. The van der Waals surface area contributed by atoms with Crippen molar-refractivity contribution in [3.8, 4) is 0 Å². The molecule has 0 aliphatic carbocycles. The van der Waals surface area contributed by atoms with Crippen molar-refractivity contribution in [2.24, 2.45) is 5.41 Å². The highest BCUT2D eigenvalue weighted by atomic mass is 32.1. The molecule has 134 valence electrons. The van der Waals surface area contributed by atoms with Crippen LogP contribution in [0.25, 0.3) is 0 Å². The number of amides is 1. The molecule has 7 heteroatoms. The summed E-state index contributed by atoms with van der Waals surface area (Å²) in [6.07, 6.45) is 1.64. The van der Waals surface area contributed by atoms with Crippen LogP contribution in [0.4, 0.5) is 11.6 Å². The van der Waals surface area contributed by atoms with Gasteiger partial charge in [-0.25, -0.2) is 0 Å². The van der Waals surface area contributed by atoms with E-state index in [1.54, 1.807) is 11.3 Å². The first-order valence-electron chi connectivity index (χ1n) is 8.55. The van der Waals surface area contributed by atoms with Crippen LogP contribution in [0.1, 0.15) is 24.6 Å². The molecule has 0 radical (unpaired) electrons. The Bertz CT molecular complexity index is 691. The lowest BCUT2D eigenvalue weighted by atomic mass is 9.79. The van der Waals surface area contributed by atoms with Crippen molar-refractivity contribution in [1.29, 1.82) is 0 Å². The van der Waals surface area contributed by atoms with Crippen molar-refractivity contribution in [1.82, 2.24) is 15.5 Å². The smallest absolute Gasteiger partial charge is 0.226 e. The molecule has 1 fully saturated rings. The average Bonchev–Trinajstić information content (AvgIpc) is 3.14. The molecule has 1 aliphatic rings. The van der Waals surface area contributed by atoms with Crippen molar-refractivity contribution in [3.05, 3.63) is 34.5 Å². The molecule has 25 heavy (non-hydrogen) atoms. The third kappa shape index (κ3) is 4.10. The number of hydrogen-bond acceptors (Lipinski definition) is 6. The summed E-state index contributed by atoms with van der Waals surface area (Å²) < 4.78 is 0. The van der Waals surface area contributed by atoms with Crippen molar-refractivity contribution >= 4 is 28.9 Å². The molecule has 1 N–H and O–H groups in total. The van der Waals surface area contributed by atoms with Crippen molar-refractivity contribution < 1.29 is 4.79 Å². The number of thiophene rings is 1. The Balaban J connectivity index is 1.55. The summed E-state index contributed by atoms with van der Waals surface area (Å²) in [5.74, 6) is 1.87. The number of nitrogens with one attached hydrogen (secondary N) is 1. The minimum absolute atomic E-state index is 0.148. The van der Waals surface area contributed by atoms with Crippen molar-refractivity contribution in [2.45, 2.75) is 26.3 Å². The molecule has 2 aromatic rings. The lowest BCUT2D eigenvalue weighted by Crippen LogP contribution is -2.47. The van der Waals surface area contributed by atoms with E-state index in [4.69, 9.17) is 0 Å². The summed E-state index contributed by atoms with van der Waals surface area (Å²) in [6, 6.07) is 8.03. The second kappa shape index (κ2) is 7.39. The zero-order chi connectivity index (χ0) is 17.9. The van der Waals surface area contributed by atoms with Gasteiger partial charge in [0.25, 0.3) is 0 Å². The van der Waals surface area contributed by atoms with Gasteiger partial charge in [0.1, 0.15) is 0 Å². The topological polar surface area (TPSA) is 61.4 Å². The fourth-order valence-corrected chi connectivity index (χ4v) is 3.62. The monoisotopic (exact) mass is 359 g/mol. The van der Waals surface area contributed by atoms with Crippen LogP contribution < -0.4 is 15.1 Å². The lowest BCUT2D eigenvalue weighted by Gasteiger charge is -2.38. The average molecular weight is 359 g/mol. The molecule has 0 unspecified atom stereocenters. The third-order valence-electron chi connectivity index (χ3n) is 4.84. The number of piperidine rings is 1. The normalized spacial score (nSPS) is 16.5. The number of anilines is 2. The highest BCUT2D eigenvalue weighted by Gasteiger charge is 2.37. The van der Waals surface area contributed by atoms with Crippen LogP contribution in [0.2, 0.25) is 0 Å². The summed E-state index contributed by atoms with van der Waals surface area (Å²) in [5.41, 5.74) is -0.315. The largest absolute Gasteiger partial charge is 0.361 e. The number of carbonyl (C=O) groups is 1. The van der Waals surface area contributed by atoms with Crippen LogP contribution in [-0.4, -0.2) is 43.3 Å². The maximum atomic E-state index is 12.6. The highest BCUT2D eigenvalue weighted by molar-refractivity contribution is 7.09. The van der Waals surface area contributed by atoms with Gasteiger partial charge in [-0.1, -0.05) is 13.0 Å². The number of carbonyl (C=O) groups excluding carboxylic acids is 1. The standard InChI is InChI=1S/C18H25N5OS/c1-18(17(24)19-13-14-5-4-12-25-14)8-10-23(11-9-18)16-7-6-15(20-21-16)22(2)3/h4-7,12H,8-11,13H2,1-3H3,(H,19,24). The number of aromatic nitrogens is 2. The van der Waals surface area contributed by atoms with Crippen LogP contribution in [0.15, 0.2) is 29.6 Å². The van der Waals surface area contributed by atoms with Gasteiger partial charge >= 0.3 is 0 Å². The zero-order valence-electron chi connectivity index (χ0n) is 15.0. The molecule has 0 bridgehead atoms. The van der Waals surface area contributed by atoms with E-state index in [0.29, 0.717) is 6.54 Å². The third-order valence-corrected chi connectivity index (χ3v) is 5.71. The number of nitrogens with zero attached hydrogens (tertiary/aromatic N) is 4. The second-order valence-electron chi connectivity index (χ2n) is 6.95. The number of rotatable bonds is 5. The Morgan fingerprint density at radius 1 is 1.28 bits per heavy atom. The summed E-state index contributed by atoms with van der Waals surface area (Å²) in [7, 11) is 3.90. The van der Waals surface area contributed by atoms with Gasteiger partial charge in [0.2, 0.25) is 5.91 Å². The molecule has 1 saturated heterocycles. The molecule has 2 aromatic heterocycles. The first-order valence-corrected chi connectivity index (χ1v) is 9.43. The van der Waals surface area contributed by atoms with E-state index in [-0.39, 0.29) is 11.3 Å². The van der Waals surface area contributed by atoms with E-state index in [0.717, 1.165) is 37.6 Å². The molecular formula is C18H25N5OS. The summed E-state index contributed by atoms with van der Waals surface area (Å²) in [4.78, 5) is 17.9. The maximum absolute atomic E-state index is 12.6. The lowest BCUT2D eigenvalue weighted by molar-refractivity contribution is -0.131. The summed E-state index contributed by atoms with van der Waals surface area (Å²) >= 11 is 1.67. The van der Waals surface area contributed by atoms with Crippen molar-refractivity contribution in [3.63, 3.8) is 0 Å². The van der Waals surface area contributed by atoms with Gasteiger partial charge in [0.15, 0.2) is 11.6 Å². The van der Waals surface area contributed by atoms with Crippen LogP contribution >= 0.6 is 11.3 Å².